The van der Waals surface area contributed by atoms with Gasteiger partial charge in [0.25, 0.3) is 0 Å². The SMILES string of the molecule is C[C@@H](O)c1ccc(Sc2cnccn2)cc1. The molecule has 0 amide bonds. The third-order valence-electron chi connectivity index (χ3n) is 2.12. The third kappa shape index (κ3) is 2.81. The minimum atomic E-state index is -0.421. The van der Waals surface area contributed by atoms with Crippen molar-refractivity contribution < 1.29 is 5.11 Å². The lowest BCUT2D eigenvalue weighted by atomic mass is 10.1. The van der Waals surface area contributed by atoms with E-state index in [-0.39, 0.29) is 0 Å². The molecule has 16 heavy (non-hydrogen) atoms. The van der Waals surface area contributed by atoms with Crippen LogP contribution in [0.5, 0.6) is 0 Å². The van der Waals surface area contributed by atoms with Gasteiger partial charge in [0.1, 0.15) is 5.03 Å². The maximum absolute atomic E-state index is 9.38. The number of benzene rings is 1. The molecule has 0 aliphatic rings. The molecule has 1 N–H and O–H groups in total. The first-order chi connectivity index (χ1) is 7.75. The van der Waals surface area contributed by atoms with Crippen LogP contribution in [0.15, 0.2) is 52.8 Å². The summed E-state index contributed by atoms with van der Waals surface area (Å²) in [6.07, 6.45) is 4.64. The second kappa shape index (κ2) is 5.09. The average Bonchev–Trinajstić information content (AvgIpc) is 2.31. The Hall–Kier alpha value is -1.39. The molecule has 0 saturated heterocycles. The summed E-state index contributed by atoms with van der Waals surface area (Å²) >= 11 is 1.55. The van der Waals surface area contributed by atoms with Gasteiger partial charge in [-0.05, 0) is 24.6 Å². The van der Waals surface area contributed by atoms with Crippen LogP contribution in [0.3, 0.4) is 0 Å². The molecule has 2 rings (SSSR count). The van der Waals surface area contributed by atoms with Crippen molar-refractivity contribution in [3.63, 3.8) is 0 Å². The summed E-state index contributed by atoms with van der Waals surface area (Å²) in [5.41, 5.74) is 0.920. The summed E-state index contributed by atoms with van der Waals surface area (Å²) < 4.78 is 0. The lowest BCUT2D eigenvalue weighted by Crippen LogP contribution is -1.89. The number of aliphatic hydroxyl groups is 1. The van der Waals surface area contributed by atoms with Crippen molar-refractivity contribution in [2.75, 3.05) is 0 Å². The number of hydrogen-bond donors (Lipinski definition) is 1. The fraction of sp³-hybridized carbons (Fsp3) is 0.167. The molecule has 0 unspecified atom stereocenters. The van der Waals surface area contributed by atoms with Crippen LogP contribution in [0.1, 0.15) is 18.6 Å². The molecular weight excluding hydrogens is 220 g/mol. The Morgan fingerprint density at radius 3 is 2.50 bits per heavy atom. The molecule has 82 valence electrons. The Labute approximate surface area is 98.6 Å². The van der Waals surface area contributed by atoms with Crippen LogP contribution in [0.2, 0.25) is 0 Å². The monoisotopic (exact) mass is 232 g/mol. The van der Waals surface area contributed by atoms with E-state index in [9.17, 15) is 5.11 Å². The molecular formula is C12H12N2OS. The van der Waals surface area contributed by atoms with Crippen LogP contribution >= 0.6 is 11.8 Å². The van der Waals surface area contributed by atoms with Crippen molar-refractivity contribution in [1.82, 2.24) is 9.97 Å². The van der Waals surface area contributed by atoms with E-state index in [1.807, 2.05) is 24.3 Å². The van der Waals surface area contributed by atoms with Gasteiger partial charge in [0.2, 0.25) is 0 Å². The predicted molar refractivity (Wildman–Crippen MR) is 63.2 cm³/mol. The molecule has 0 bridgehead atoms. The zero-order valence-corrected chi connectivity index (χ0v) is 9.69. The van der Waals surface area contributed by atoms with Crippen molar-refractivity contribution >= 4 is 11.8 Å². The van der Waals surface area contributed by atoms with Crippen molar-refractivity contribution in [3.8, 4) is 0 Å². The summed E-state index contributed by atoms with van der Waals surface area (Å²) in [4.78, 5) is 9.27. The Balaban J connectivity index is 2.11. The van der Waals surface area contributed by atoms with E-state index >= 15 is 0 Å². The normalized spacial score (nSPS) is 12.4. The number of nitrogens with zero attached hydrogens (tertiary/aromatic N) is 2. The van der Waals surface area contributed by atoms with Crippen LogP contribution < -0.4 is 0 Å². The standard InChI is InChI=1S/C12H12N2OS/c1-9(15)10-2-4-11(5-3-10)16-12-8-13-6-7-14-12/h2-9,15H,1H3/t9-/m1/s1. The van der Waals surface area contributed by atoms with E-state index < -0.39 is 6.10 Å². The Bertz CT molecular complexity index is 442. The largest absolute Gasteiger partial charge is 0.389 e. The van der Waals surface area contributed by atoms with E-state index in [0.717, 1.165) is 15.5 Å². The van der Waals surface area contributed by atoms with Gasteiger partial charge in [-0.25, -0.2) is 4.98 Å². The van der Waals surface area contributed by atoms with Crippen LogP contribution in [-0.2, 0) is 0 Å². The lowest BCUT2D eigenvalue weighted by Gasteiger charge is -2.05. The molecule has 0 radical (unpaired) electrons. The maximum Gasteiger partial charge on any atom is 0.119 e. The molecule has 0 saturated carbocycles. The second-order valence-corrected chi connectivity index (χ2v) is 4.48. The molecule has 1 atom stereocenters. The summed E-state index contributed by atoms with van der Waals surface area (Å²) in [7, 11) is 0. The molecule has 2 aromatic rings. The van der Waals surface area contributed by atoms with Gasteiger partial charge in [-0.1, -0.05) is 23.9 Å². The van der Waals surface area contributed by atoms with Gasteiger partial charge in [-0.15, -0.1) is 0 Å². The highest BCUT2D eigenvalue weighted by atomic mass is 32.2. The Morgan fingerprint density at radius 2 is 1.94 bits per heavy atom. The van der Waals surface area contributed by atoms with Gasteiger partial charge in [0.15, 0.2) is 0 Å². The van der Waals surface area contributed by atoms with Crippen LogP contribution in [0.25, 0.3) is 0 Å². The smallest absolute Gasteiger partial charge is 0.119 e. The first kappa shape index (κ1) is 11.1. The lowest BCUT2D eigenvalue weighted by molar-refractivity contribution is 0.199. The maximum atomic E-state index is 9.38. The Kier molecular flexibility index (Phi) is 3.54. The van der Waals surface area contributed by atoms with Crippen molar-refractivity contribution in [3.05, 3.63) is 48.4 Å². The first-order valence-electron chi connectivity index (χ1n) is 4.97. The topological polar surface area (TPSA) is 46.0 Å². The Morgan fingerprint density at radius 1 is 1.19 bits per heavy atom. The molecule has 1 aromatic heterocycles. The second-order valence-electron chi connectivity index (χ2n) is 3.39. The summed E-state index contributed by atoms with van der Waals surface area (Å²) in [5.74, 6) is 0. The summed E-state index contributed by atoms with van der Waals surface area (Å²) in [5, 5.41) is 10.2. The quantitative estimate of drug-likeness (QED) is 0.883. The molecule has 1 heterocycles. The molecule has 0 aliphatic heterocycles. The van der Waals surface area contributed by atoms with Gasteiger partial charge < -0.3 is 5.11 Å². The van der Waals surface area contributed by atoms with Crippen LogP contribution in [-0.4, -0.2) is 15.1 Å². The highest BCUT2D eigenvalue weighted by Crippen LogP contribution is 2.26. The van der Waals surface area contributed by atoms with Gasteiger partial charge in [0.05, 0.1) is 12.3 Å². The van der Waals surface area contributed by atoms with Crippen molar-refractivity contribution in [1.29, 1.82) is 0 Å². The number of hydrogen-bond acceptors (Lipinski definition) is 4. The predicted octanol–water partition coefficient (Wildman–Crippen LogP) is 2.68. The fourth-order valence-corrected chi connectivity index (χ4v) is 2.01. The minimum Gasteiger partial charge on any atom is -0.389 e. The van der Waals surface area contributed by atoms with E-state index in [4.69, 9.17) is 0 Å². The van der Waals surface area contributed by atoms with Crippen LogP contribution in [0, 0.1) is 0 Å². The van der Waals surface area contributed by atoms with Crippen molar-refractivity contribution in [2.24, 2.45) is 0 Å². The van der Waals surface area contributed by atoms with E-state index in [1.54, 1.807) is 37.3 Å². The van der Waals surface area contributed by atoms with E-state index in [2.05, 4.69) is 9.97 Å². The molecule has 1 aromatic carbocycles. The van der Waals surface area contributed by atoms with Gasteiger partial charge in [-0.3, -0.25) is 4.98 Å². The summed E-state index contributed by atoms with van der Waals surface area (Å²) in [6, 6.07) is 7.79. The fourth-order valence-electron chi connectivity index (χ4n) is 1.27. The zero-order valence-electron chi connectivity index (χ0n) is 8.87. The minimum absolute atomic E-state index is 0.421. The molecule has 0 aliphatic carbocycles. The van der Waals surface area contributed by atoms with E-state index in [1.165, 1.54) is 0 Å². The average molecular weight is 232 g/mol. The number of rotatable bonds is 3. The zero-order chi connectivity index (χ0) is 11.4. The molecule has 4 heteroatoms. The summed E-state index contributed by atoms with van der Waals surface area (Å²) in [6.45, 7) is 1.75. The third-order valence-corrected chi connectivity index (χ3v) is 3.05. The molecule has 0 spiro atoms. The molecule has 0 fully saturated rings. The highest BCUT2D eigenvalue weighted by Gasteiger charge is 2.02. The van der Waals surface area contributed by atoms with Gasteiger partial charge in [0, 0.05) is 17.3 Å². The number of aromatic nitrogens is 2. The molecule has 3 nitrogen and oxygen atoms in total. The van der Waals surface area contributed by atoms with E-state index in [0.29, 0.717) is 0 Å². The van der Waals surface area contributed by atoms with Gasteiger partial charge >= 0.3 is 0 Å². The highest BCUT2D eigenvalue weighted by molar-refractivity contribution is 7.99. The first-order valence-corrected chi connectivity index (χ1v) is 5.79. The van der Waals surface area contributed by atoms with Crippen LogP contribution in [0.4, 0.5) is 0 Å². The van der Waals surface area contributed by atoms with Gasteiger partial charge in [-0.2, -0.15) is 0 Å². The van der Waals surface area contributed by atoms with Crippen molar-refractivity contribution in [2.45, 2.75) is 22.9 Å². The number of aliphatic hydroxyl groups excluding tert-OH is 1.